The molecule has 6 heteroatoms. The molecular formula is C29H41N3O3. The van der Waals surface area contributed by atoms with Crippen molar-refractivity contribution in [3.8, 4) is 5.75 Å². The second-order valence-corrected chi connectivity index (χ2v) is 10.4. The molecule has 1 aliphatic heterocycles. The molecule has 0 amide bonds. The van der Waals surface area contributed by atoms with Gasteiger partial charge in [0.1, 0.15) is 5.75 Å². The Bertz CT molecular complexity index is 1050. The summed E-state index contributed by atoms with van der Waals surface area (Å²) in [6.07, 6.45) is 6.73. The number of nitrogens with one attached hydrogen (secondary N) is 1. The van der Waals surface area contributed by atoms with Gasteiger partial charge in [0, 0.05) is 22.9 Å². The van der Waals surface area contributed by atoms with Crippen LogP contribution in [0.2, 0.25) is 0 Å². The molecule has 5 rings (SSSR count). The van der Waals surface area contributed by atoms with Crippen LogP contribution in [0.15, 0.2) is 47.0 Å². The van der Waals surface area contributed by atoms with Crippen LogP contribution in [0.5, 0.6) is 5.75 Å². The quantitative estimate of drug-likeness (QED) is 0.452. The van der Waals surface area contributed by atoms with Gasteiger partial charge in [0.05, 0.1) is 18.9 Å². The lowest BCUT2D eigenvalue weighted by atomic mass is 9.91. The summed E-state index contributed by atoms with van der Waals surface area (Å²) in [6, 6.07) is 14.9. The van der Waals surface area contributed by atoms with E-state index in [0.29, 0.717) is 6.61 Å². The summed E-state index contributed by atoms with van der Waals surface area (Å²) in [5.41, 5.74) is 4.29. The molecule has 0 spiro atoms. The number of aliphatic hydroxyl groups is 1. The molecule has 1 saturated heterocycles. The van der Waals surface area contributed by atoms with Crippen molar-refractivity contribution in [1.82, 2.24) is 15.4 Å². The Hall–Kier alpha value is -2.41. The maximum Gasteiger partial charge on any atom is 0.173 e. The summed E-state index contributed by atoms with van der Waals surface area (Å²) < 4.78 is 11.8. The number of benzene rings is 2. The van der Waals surface area contributed by atoms with E-state index in [4.69, 9.17) is 9.26 Å². The Morgan fingerprint density at radius 1 is 1.11 bits per heavy atom. The molecule has 2 N–H and O–H groups in total. The Morgan fingerprint density at radius 2 is 1.83 bits per heavy atom. The van der Waals surface area contributed by atoms with E-state index in [0.717, 1.165) is 66.1 Å². The van der Waals surface area contributed by atoms with E-state index < -0.39 is 0 Å². The Kier molecular flexibility index (Phi) is 8.82. The molecule has 190 valence electrons. The first-order valence-electron chi connectivity index (χ1n) is 13.0. The van der Waals surface area contributed by atoms with Crippen LogP contribution in [0, 0.1) is 18.3 Å². The van der Waals surface area contributed by atoms with E-state index in [1.54, 1.807) is 0 Å². The number of aliphatic hydroxyl groups excluding tert-OH is 1. The molecule has 1 aliphatic carbocycles. The molecule has 6 nitrogen and oxygen atoms in total. The predicted molar refractivity (Wildman–Crippen MR) is 141 cm³/mol. The fraction of sp³-hybridized carbons (Fsp3) is 0.552. The summed E-state index contributed by atoms with van der Waals surface area (Å²) in [4.78, 5) is 2.57. The lowest BCUT2D eigenvalue weighted by Gasteiger charge is -2.31. The fourth-order valence-corrected chi connectivity index (χ4v) is 4.88. The third kappa shape index (κ3) is 6.63. The van der Waals surface area contributed by atoms with Gasteiger partial charge in [-0.3, -0.25) is 4.90 Å². The monoisotopic (exact) mass is 479 g/mol. The molecule has 0 unspecified atom stereocenters. The van der Waals surface area contributed by atoms with Gasteiger partial charge >= 0.3 is 0 Å². The first kappa shape index (κ1) is 25.7. The topological polar surface area (TPSA) is 70.8 Å². The minimum atomic E-state index is -0.0232. The Balaban J connectivity index is 0.000000917. The number of fused-ring (bicyclic) bond motifs is 1. The lowest BCUT2D eigenvalue weighted by molar-refractivity contribution is 0.146. The van der Waals surface area contributed by atoms with E-state index in [2.05, 4.69) is 51.8 Å². The van der Waals surface area contributed by atoms with Gasteiger partial charge in [-0.1, -0.05) is 35.5 Å². The normalized spacial score (nSPS) is 17.7. The smallest absolute Gasteiger partial charge is 0.173 e. The van der Waals surface area contributed by atoms with E-state index in [-0.39, 0.29) is 12.0 Å². The van der Waals surface area contributed by atoms with Crippen molar-refractivity contribution in [2.45, 2.75) is 52.0 Å². The summed E-state index contributed by atoms with van der Waals surface area (Å²) in [7, 11) is 3.75. The van der Waals surface area contributed by atoms with E-state index in [9.17, 15) is 5.11 Å². The molecule has 35 heavy (non-hydrogen) atoms. The van der Waals surface area contributed by atoms with E-state index >= 15 is 0 Å². The minimum absolute atomic E-state index is 0.0232. The molecule has 0 radical (unpaired) electrons. The van der Waals surface area contributed by atoms with Crippen LogP contribution in [-0.4, -0.2) is 55.6 Å². The number of hydrogen-bond donors (Lipinski definition) is 2. The van der Waals surface area contributed by atoms with Crippen LogP contribution in [-0.2, 0) is 13.0 Å². The van der Waals surface area contributed by atoms with Gasteiger partial charge in [-0.2, -0.15) is 0 Å². The molecule has 1 saturated carbocycles. The largest absolute Gasteiger partial charge is 0.493 e. The molecule has 2 fully saturated rings. The number of likely N-dealkylation sites (tertiary alicyclic amines) is 1. The van der Waals surface area contributed by atoms with Crippen LogP contribution < -0.4 is 10.1 Å². The van der Waals surface area contributed by atoms with Crippen molar-refractivity contribution in [3.05, 3.63) is 59.3 Å². The highest BCUT2D eigenvalue weighted by molar-refractivity contribution is 5.84. The van der Waals surface area contributed by atoms with Crippen LogP contribution in [0.1, 0.15) is 48.9 Å². The predicted octanol–water partition coefficient (Wildman–Crippen LogP) is 4.97. The highest BCUT2D eigenvalue weighted by Crippen LogP contribution is 2.45. The zero-order chi connectivity index (χ0) is 24.7. The van der Waals surface area contributed by atoms with Gasteiger partial charge in [-0.05, 0) is 96.2 Å². The number of nitrogens with zero attached hydrogens (tertiary/aromatic N) is 2. The number of ether oxygens (including phenoxy) is 1. The Morgan fingerprint density at radius 3 is 2.49 bits per heavy atom. The maximum absolute atomic E-state index is 9.52. The van der Waals surface area contributed by atoms with Gasteiger partial charge < -0.3 is 19.7 Å². The molecule has 2 heterocycles. The average molecular weight is 480 g/mol. The van der Waals surface area contributed by atoms with Crippen molar-refractivity contribution in [2.24, 2.45) is 11.3 Å². The third-order valence-electron chi connectivity index (χ3n) is 7.49. The molecular weight excluding hydrogens is 438 g/mol. The van der Waals surface area contributed by atoms with Crippen LogP contribution >= 0.6 is 0 Å². The van der Waals surface area contributed by atoms with Crippen LogP contribution in [0.4, 0.5) is 0 Å². The van der Waals surface area contributed by atoms with Gasteiger partial charge in [0.15, 0.2) is 5.58 Å². The highest BCUT2D eigenvalue weighted by Gasteiger charge is 2.43. The van der Waals surface area contributed by atoms with Crippen LogP contribution in [0.25, 0.3) is 11.0 Å². The first-order chi connectivity index (χ1) is 17.1. The van der Waals surface area contributed by atoms with Crippen molar-refractivity contribution < 1.29 is 14.4 Å². The van der Waals surface area contributed by atoms with Crippen molar-refractivity contribution >= 4 is 11.0 Å². The second-order valence-electron chi connectivity index (χ2n) is 10.4. The standard InChI is InChI=1S/C27H34N2O3.C2H7N/c1-20-25(31-19-27(18-30)13-14-27)10-8-23-24(28-32-26(20)23)9-7-21-11-15-29(16-12-21)17-22-5-3-2-4-6-22;1-3-2/h2-6,8,10,21,30H,7,9,11-19H2,1H3;3H,1-2H3. The van der Waals surface area contributed by atoms with Gasteiger partial charge in [-0.15, -0.1) is 0 Å². The van der Waals surface area contributed by atoms with E-state index in [1.807, 2.05) is 27.1 Å². The zero-order valence-electron chi connectivity index (χ0n) is 21.6. The molecule has 2 aliphatic rings. The summed E-state index contributed by atoms with van der Waals surface area (Å²) >= 11 is 0. The SMILES string of the molecule is CNC.Cc1c(OCC2(CO)CC2)ccc2c(CCC3CCN(Cc4ccccc4)CC3)noc12. The van der Waals surface area contributed by atoms with Gasteiger partial charge in [0.25, 0.3) is 0 Å². The van der Waals surface area contributed by atoms with Gasteiger partial charge in [-0.25, -0.2) is 0 Å². The third-order valence-corrected chi connectivity index (χ3v) is 7.49. The number of hydrogen-bond acceptors (Lipinski definition) is 6. The number of piperidine rings is 1. The number of rotatable bonds is 9. The second kappa shape index (κ2) is 12.0. The summed E-state index contributed by atoms with van der Waals surface area (Å²) in [5, 5.41) is 17.8. The Labute approximate surface area is 209 Å². The number of aryl methyl sites for hydroxylation is 2. The first-order valence-corrected chi connectivity index (χ1v) is 13.0. The molecule has 1 aromatic heterocycles. The minimum Gasteiger partial charge on any atom is -0.493 e. The summed E-state index contributed by atoms with van der Waals surface area (Å²) in [5.74, 6) is 1.59. The fourth-order valence-electron chi connectivity index (χ4n) is 4.88. The van der Waals surface area contributed by atoms with Crippen molar-refractivity contribution in [3.63, 3.8) is 0 Å². The molecule has 0 atom stereocenters. The molecule has 2 aromatic carbocycles. The molecule has 3 aromatic rings. The highest BCUT2D eigenvalue weighted by atomic mass is 16.5. The summed E-state index contributed by atoms with van der Waals surface area (Å²) in [6.45, 7) is 6.21. The lowest BCUT2D eigenvalue weighted by Crippen LogP contribution is -2.33. The number of aromatic nitrogens is 1. The van der Waals surface area contributed by atoms with Crippen molar-refractivity contribution in [1.29, 1.82) is 0 Å². The zero-order valence-corrected chi connectivity index (χ0v) is 21.6. The average Bonchev–Trinajstić information content (AvgIpc) is 3.55. The molecule has 0 bridgehead atoms. The van der Waals surface area contributed by atoms with Crippen molar-refractivity contribution in [2.75, 3.05) is 40.4 Å². The van der Waals surface area contributed by atoms with Crippen LogP contribution in [0.3, 0.4) is 0 Å². The maximum atomic E-state index is 9.52. The van der Waals surface area contributed by atoms with E-state index in [1.165, 1.54) is 31.5 Å². The van der Waals surface area contributed by atoms with Gasteiger partial charge in [0.2, 0.25) is 0 Å².